The van der Waals surface area contributed by atoms with Gasteiger partial charge in [-0.2, -0.15) is 9.40 Å². The molecule has 2 saturated heterocycles. The number of nitrogens with zero attached hydrogens (tertiary/aromatic N) is 6. The Bertz CT molecular complexity index is 1090. The number of aromatic nitrogens is 2. The van der Waals surface area contributed by atoms with Gasteiger partial charge in [-0.15, -0.1) is 0 Å². The number of rotatable bonds is 6. The second kappa shape index (κ2) is 10.0. The van der Waals surface area contributed by atoms with Crippen LogP contribution in [0.3, 0.4) is 0 Å². The van der Waals surface area contributed by atoms with E-state index < -0.39 is 10.0 Å². The molecule has 2 aromatic rings. The number of piperazine rings is 2. The summed E-state index contributed by atoms with van der Waals surface area (Å²) >= 11 is 6.11. The smallest absolute Gasteiger partial charge is 0.263 e. The van der Waals surface area contributed by atoms with Crippen LogP contribution in [0.15, 0.2) is 35.5 Å². The normalized spacial score (nSPS) is 18.6. The molecule has 0 bridgehead atoms. The molecule has 0 spiro atoms. The fraction of sp³-hybridized carbons (Fsp3) is 0.545. The molecule has 0 N–H and O–H groups in total. The molecular formula is C22H31ClN6O3S. The van der Waals surface area contributed by atoms with Crippen molar-refractivity contribution in [1.82, 2.24) is 23.9 Å². The number of hydrogen-bond donors (Lipinski definition) is 0. The van der Waals surface area contributed by atoms with E-state index in [0.717, 1.165) is 25.2 Å². The van der Waals surface area contributed by atoms with Gasteiger partial charge in [0.15, 0.2) is 0 Å². The molecule has 0 saturated carbocycles. The highest BCUT2D eigenvalue weighted by Gasteiger charge is 2.36. The third-order valence-electron chi connectivity index (χ3n) is 6.20. The van der Waals surface area contributed by atoms with Crippen molar-refractivity contribution in [3.63, 3.8) is 0 Å². The minimum atomic E-state index is -3.91. The molecule has 11 heteroatoms. The van der Waals surface area contributed by atoms with Crippen LogP contribution in [0.2, 0.25) is 5.02 Å². The van der Waals surface area contributed by atoms with Crippen molar-refractivity contribution in [2.75, 3.05) is 64.3 Å². The van der Waals surface area contributed by atoms with Gasteiger partial charge in [-0.3, -0.25) is 9.48 Å². The Labute approximate surface area is 200 Å². The Kier molecular flexibility index (Phi) is 7.28. The van der Waals surface area contributed by atoms with Crippen molar-refractivity contribution < 1.29 is 13.2 Å². The summed E-state index contributed by atoms with van der Waals surface area (Å²) in [6.45, 7) is 6.94. The fourth-order valence-corrected chi connectivity index (χ4v) is 5.95. The SMILES string of the molecule is CCCn1cc(C(=O)N2CCN(C)CC2)c(S(=O)(=O)N2CCN(c3cccc(Cl)c3)CC2)n1. The van der Waals surface area contributed by atoms with Gasteiger partial charge in [0.05, 0.1) is 5.56 Å². The molecule has 1 aromatic heterocycles. The lowest BCUT2D eigenvalue weighted by Crippen LogP contribution is -2.49. The van der Waals surface area contributed by atoms with Crippen LogP contribution in [0.5, 0.6) is 0 Å². The molecule has 33 heavy (non-hydrogen) atoms. The summed E-state index contributed by atoms with van der Waals surface area (Å²) in [7, 11) is -1.89. The summed E-state index contributed by atoms with van der Waals surface area (Å²) in [6, 6.07) is 7.55. The number of likely N-dealkylation sites (N-methyl/N-ethyl adjacent to an activating group) is 1. The summed E-state index contributed by atoms with van der Waals surface area (Å²) < 4.78 is 30.2. The first-order valence-corrected chi connectivity index (χ1v) is 13.2. The van der Waals surface area contributed by atoms with E-state index in [4.69, 9.17) is 11.6 Å². The van der Waals surface area contributed by atoms with Gasteiger partial charge in [0.1, 0.15) is 0 Å². The summed E-state index contributed by atoms with van der Waals surface area (Å²) in [4.78, 5) is 19.3. The van der Waals surface area contributed by atoms with Crippen molar-refractivity contribution >= 4 is 33.2 Å². The monoisotopic (exact) mass is 494 g/mol. The first kappa shape index (κ1) is 24.0. The summed E-state index contributed by atoms with van der Waals surface area (Å²) in [5, 5.41) is 4.89. The highest BCUT2D eigenvalue weighted by Crippen LogP contribution is 2.25. The van der Waals surface area contributed by atoms with Gasteiger partial charge in [-0.1, -0.05) is 24.6 Å². The van der Waals surface area contributed by atoms with Gasteiger partial charge in [0, 0.05) is 75.8 Å². The van der Waals surface area contributed by atoms with Gasteiger partial charge >= 0.3 is 0 Å². The number of carbonyl (C=O) groups excluding carboxylic acids is 1. The van der Waals surface area contributed by atoms with E-state index >= 15 is 0 Å². The van der Waals surface area contributed by atoms with E-state index in [-0.39, 0.29) is 16.5 Å². The number of aryl methyl sites for hydroxylation is 1. The van der Waals surface area contributed by atoms with Crippen molar-refractivity contribution in [2.24, 2.45) is 0 Å². The molecule has 4 rings (SSSR count). The number of hydrogen-bond acceptors (Lipinski definition) is 6. The van der Waals surface area contributed by atoms with E-state index in [1.807, 2.05) is 38.2 Å². The fourth-order valence-electron chi connectivity index (χ4n) is 4.25. The number of benzene rings is 1. The van der Waals surface area contributed by atoms with Crippen LogP contribution in [-0.2, 0) is 16.6 Å². The predicted octanol–water partition coefficient (Wildman–Crippen LogP) is 1.84. The van der Waals surface area contributed by atoms with Gasteiger partial charge in [-0.25, -0.2) is 8.42 Å². The highest BCUT2D eigenvalue weighted by molar-refractivity contribution is 7.89. The van der Waals surface area contributed by atoms with Crippen molar-refractivity contribution in [3.8, 4) is 0 Å². The third-order valence-corrected chi connectivity index (χ3v) is 8.27. The zero-order chi connectivity index (χ0) is 23.6. The molecule has 9 nitrogen and oxygen atoms in total. The van der Waals surface area contributed by atoms with Gasteiger partial charge in [-0.05, 0) is 31.7 Å². The lowest BCUT2D eigenvalue weighted by molar-refractivity contribution is 0.0660. The summed E-state index contributed by atoms with van der Waals surface area (Å²) in [5.74, 6) is -0.262. The van der Waals surface area contributed by atoms with Crippen LogP contribution in [0.25, 0.3) is 0 Å². The van der Waals surface area contributed by atoms with Crippen molar-refractivity contribution in [3.05, 3.63) is 41.0 Å². The molecule has 2 aliphatic rings. The molecule has 2 fully saturated rings. The van der Waals surface area contributed by atoms with Crippen molar-refractivity contribution in [2.45, 2.75) is 24.9 Å². The minimum Gasteiger partial charge on any atom is -0.369 e. The minimum absolute atomic E-state index is 0.129. The molecule has 0 aliphatic carbocycles. The van der Waals surface area contributed by atoms with Crippen LogP contribution in [0.1, 0.15) is 23.7 Å². The lowest BCUT2D eigenvalue weighted by atomic mass is 10.2. The Morgan fingerprint density at radius 3 is 2.39 bits per heavy atom. The molecule has 1 amide bonds. The number of amides is 1. The number of carbonyl (C=O) groups is 1. The molecule has 180 valence electrons. The number of halogens is 1. The van der Waals surface area contributed by atoms with E-state index in [1.165, 1.54) is 4.31 Å². The summed E-state index contributed by atoms with van der Waals surface area (Å²) in [6.07, 6.45) is 2.39. The highest BCUT2D eigenvalue weighted by atomic mass is 35.5. The largest absolute Gasteiger partial charge is 0.369 e. The lowest BCUT2D eigenvalue weighted by Gasteiger charge is -2.35. The predicted molar refractivity (Wildman–Crippen MR) is 128 cm³/mol. The Balaban J connectivity index is 1.55. The number of anilines is 1. The second-order valence-corrected chi connectivity index (χ2v) is 10.9. The maximum absolute atomic E-state index is 13.6. The maximum Gasteiger partial charge on any atom is 0.263 e. The Hall–Kier alpha value is -2.14. The molecule has 2 aliphatic heterocycles. The quantitative estimate of drug-likeness (QED) is 0.609. The molecule has 0 radical (unpaired) electrons. The standard InChI is InChI=1S/C22H31ClN6O3S/c1-3-7-28-17-20(22(30)27-10-8-25(2)9-11-27)21(24-28)33(31,32)29-14-12-26(13-15-29)19-6-4-5-18(23)16-19/h4-6,16-17H,3,7-15H2,1-2H3. The van der Waals surface area contributed by atoms with E-state index in [1.54, 1.807) is 15.8 Å². The molecule has 0 unspecified atom stereocenters. The Morgan fingerprint density at radius 2 is 1.76 bits per heavy atom. The molecular weight excluding hydrogens is 464 g/mol. The van der Waals surface area contributed by atoms with E-state index in [9.17, 15) is 13.2 Å². The van der Waals surface area contributed by atoms with E-state index in [2.05, 4.69) is 14.9 Å². The van der Waals surface area contributed by atoms with Crippen LogP contribution < -0.4 is 4.90 Å². The van der Waals surface area contributed by atoms with Crippen LogP contribution in [-0.4, -0.2) is 97.6 Å². The van der Waals surface area contributed by atoms with Gasteiger partial charge < -0.3 is 14.7 Å². The zero-order valence-electron chi connectivity index (χ0n) is 19.2. The Morgan fingerprint density at radius 1 is 1.06 bits per heavy atom. The zero-order valence-corrected chi connectivity index (χ0v) is 20.7. The second-order valence-electron chi connectivity index (χ2n) is 8.58. The summed E-state index contributed by atoms with van der Waals surface area (Å²) in [5.41, 5.74) is 1.14. The van der Waals surface area contributed by atoms with E-state index in [0.29, 0.717) is 50.8 Å². The van der Waals surface area contributed by atoms with Gasteiger partial charge in [0.2, 0.25) is 5.03 Å². The first-order chi connectivity index (χ1) is 15.8. The van der Waals surface area contributed by atoms with Crippen LogP contribution >= 0.6 is 11.6 Å². The van der Waals surface area contributed by atoms with Gasteiger partial charge in [0.25, 0.3) is 15.9 Å². The maximum atomic E-state index is 13.6. The molecule has 1 aromatic carbocycles. The van der Waals surface area contributed by atoms with Crippen LogP contribution in [0, 0.1) is 0 Å². The van der Waals surface area contributed by atoms with Crippen molar-refractivity contribution in [1.29, 1.82) is 0 Å². The molecule has 0 atom stereocenters. The average molecular weight is 495 g/mol. The number of sulfonamides is 1. The first-order valence-electron chi connectivity index (χ1n) is 11.4. The topological polar surface area (TPSA) is 82.0 Å². The van der Waals surface area contributed by atoms with Crippen LogP contribution in [0.4, 0.5) is 5.69 Å². The third kappa shape index (κ3) is 5.18. The molecule has 3 heterocycles. The average Bonchev–Trinajstić information content (AvgIpc) is 3.24.